The lowest BCUT2D eigenvalue weighted by molar-refractivity contribution is -0.142. The highest BCUT2D eigenvalue weighted by molar-refractivity contribution is 7.89. The second-order valence-corrected chi connectivity index (χ2v) is 7.67. The summed E-state index contributed by atoms with van der Waals surface area (Å²) in [6.07, 6.45) is 0.503. The molecule has 1 aliphatic rings. The van der Waals surface area contributed by atoms with E-state index in [-0.39, 0.29) is 12.3 Å². The summed E-state index contributed by atoms with van der Waals surface area (Å²) >= 11 is 0. The van der Waals surface area contributed by atoms with E-state index in [2.05, 4.69) is 5.32 Å². The van der Waals surface area contributed by atoms with Gasteiger partial charge in [-0.05, 0) is 18.9 Å². The van der Waals surface area contributed by atoms with Crippen LogP contribution in [-0.2, 0) is 19.6 Å². The van der Waals surface area contributed by atoms with Gasteiger partial charge in [0.2, 0.25) is 15.9 Å². The molecular formula is C15H20N2O5S. The predicted octanol–water partition coefficient (Wildman–Crippen LogP) is 0.600. The van der Waals surface area contributed by atoms with Crippen molar-refractivity contribution < 1.29 is 23.1 Å². The normalized spacial score (nSPS) is 19.9. The Morgan fingerprint density at radius 1 is 1.30 bits per heavy atom. The zero-order valence-corrected chi connectivity index (χ0v) is 13.6. The summed E-state index contributed by atoms with van der Waals surface area (Å²) in [4.78, 5) is 23.5. The molecule has 0 aromatic heterocycles. The summed E-state index contributed by atoms with van der Waals surface area (Å²) in [6.45, 7) is 1.55. The number of amides is 1. The molecule has 1 fully saturated rings. The van der Waals surface area contributed by atoms with Crippen molar-refractivity contribution in [2.75, 3.05) is 18.8 Å². The van der Waals surface area contributed by atoms with Crippen molar-refractivity contribution in [1.29, 1.82) is 0 Å². The highest BCUT2D eigenvalue weighted by Crippen LogP contribution is 2.22. The molecule has 0 spiro atoms. The van der Waals surface area contributed by atoms with Crippen LogP contribution >= 0.6 is 0 Å². The van der Waals surface area contributed by atoms with E-state index in [0.29, 0.717) is 18.5 Å². The number of carboxylic acid groups (broad SMARTS) is 1. The van der Waals surface area contributed by atoms with Crippen molar-refractivity contribution >= 4 is 21.9 Å². The first kappa shape index (κ1) is 17.4. The molecule has 7 nitrogen and oxygen atoms in total. The van der Waals surface area contributed by atoms with E-state index < -0.39 is 33.9 Å². The van der Waals surface area contributed by atoms with Gasteiger partial charge in [0.25, 0.3) is 0 Å². The molecule has 0 bridgehead atoms. The second kappa shape index (κ2) is 7.10. The number of aliphatic carboxylic acids is 1. The summed E-state index contributed by atoms with van der Waals surface area (Å²) in [5, 5.41) is 11.9. The van der Waals surface area contributed by atoms with Crippen LogP contribution in [0.2, 0.25) is 0 Å². The number of nitrogens with one attached hydrogen (secondary N) is 1. The van der Waals surface area contributed by atoms with Crippen LogP contribution in [0.15, 0.2) is 30.3 Å². The molecule has 1 aliphatic heterocycles. The third kappa shape index (κ3) is 4.29. The van der Waals surface area contributed by atoms with Gasteiger partial charge in [0.05, 0.1) is 24.3 Å². The average molecular weight is 340 g/mol. The van der Waals surface area contributed by atoms with E-state index in [4.69, 9.17) is 0 Å². The van der Waals surface area contributed by atoms with Gasteiger partial charge in [0.1, 0.15) is 0 Å². The lowest BCUT2D eigenvalue weighted by Gasteiger charge is -2.24. The average Bonchev–Trinajstić information content (AvgIpc) is 2.83. The Morgan fingerprint density at radius 2 is 1.96 bits per heavy atom. The molecule has 2 unspecified atom stereocenters. The Morgan fingerprint density at radius 3 is 2.48 bits per heavy atom. The number of benzene rings is 1. The monoisotopic (exact) mass is 340 g/mol. The molecule has 0 aliphatic carbocycles. The molecule has 8 heteroatoms. The zero-order valence-electron chi connectivity index (χ0n) is 12.8. The van der Waals surface area contributed by atoms with Crippen LogP contribution in [0, 0.1) is 5.92 Å². The number of carbonyl (C=O) groups is 2. The van der Waals surface area contributed by atoms with Crippen LogP contribution in [0.25, 0.3) is 0 Å². The minimum Gasteiger partial charge on any atom is -0.481 e. The summed E-state index contributed by atoms with van der Waals surface area (Å²) in [6, 6.07) is 8.06. The Kier molecular flexibility index (Phi) is 5.38. The highest BCUT2D eigenvalue weighted by Gasteiger charge is 2.32. The van der Waals surface area contributed by atoms with Crippen molar-refractivity contribution in [3.63, 3.8) is 0 Å². The molecule has 1 amide bonds. The van der Waals surface area contributed by atoms with E-state index in [1.54, 1.807) is 30.3 Å². The minimum absolute atomic E-state index is 0.0495. The maximum absolute atomic E-state index is 12.2. The summed E-state index contributed by atoms with van der Waals surface area (Å²) in [5.41, 5.74) is 0.667. The molecule has 0 saturated carbocycles. The molecule has 2 N–H and O–H groups in total. The molecular weight excluding hydrogens is 320 g/mol. The Hall–Kier alpha value is -1.93. The van der Waals surface area contributed by atoms with Crippen LogP contribution in [0.5, 0.6) is 0 Å². The third-order valence-corrected chi connectivity index (χ3v) is 5.79. The first-order chi connectivity index (χ1) is 10.8. The quantitative estimate of drug-likeness (QED) is 0.789. The topological polar surface area (TPSA) is 104 Å². The number of nitrogens with zero attached hydrogens (tertiary/aromatic N) is 1. The Balaban J connectivity index is 2.11. The number of hydrogen-bond acceptors (Lipinski definition) is 4. The van der Waals surface area contributed by atoms with Crippen molar-refractivity contribution in [2.24, 2.45) is 5.92 Å². The first-order valence-corrected chi connectivity index (χ1v) is 8.97. The van der Waals surface area contributed by atoms with Crippen molar-refractivity contribution in [3.05, 3.63) is 35.9 Å². The fourth-order valence-corrected chi connectivity index (χ4v) is 4.02. The van der Waals surface area contributed by atoms with Gasteiger partial charge in [-0.2, -0.15) is 4.31 Å². The molecule has 0 radical (unpaired) electrons. The number of sulfonamides is 1. The van der Waals surface area contributed by atoms with Gasteiger partial charge in [-0.25, -0.2) is 8.42 Å². The van der Waals surface area contributed by atoms with Gasteiger partial charge >= 0.3 is 5.97 Å². The van der Waals surface area contributed by atoms with Crippen LogP contribution in [0.4, 0.5) is 0 Å². The van der Waals surface area contributed by atoms with Crippen molar-refractivity contribution in [2.45, 2.75) is 19.4 Å². The number of hydrogen-bond donors (Lipinski definition) is 2. The minimum atomic E-state index is -3.36. The summed E-state index contributed by atoms with van der Waals surface area (Å²) in [7, 11) is -3.36. The van der Waals surface area contributed by atoms with Crippen LogP contribution in [-0.4, -0.2) is 48.5 Å². The van der Waals surface area contributed by atoms with Gasteiger partial charge in [-0.15, -0.1) is 0 Å². The van der Waals surface area contributed by atoms with Gasteiger partial charge in [0, 0.05) is 6.54 Å². The van der Waals surface area contributed by atoms with E-state index in [1.165, 1.54) is 6.92 Å². The molecule has 23 heavy (non-hydrogen) atoms. The smallest absolute Gasteiger partial charge is 0.308 e. The molecule has 1 saturated heterocycles. The van der Waals surface area contributed by atoms with Gasteiger partial charge in [-0.3, -0.25) is 9.59 Å². The van der Waals surface area contributed by atoms with E-state index in [0.717, 1.165) is 4.31 Å². The maximum Gasteiger partial charge on any atom is 0.308 e. The fraction of sp³-hybridized carbons (Fsp3) is 0.467. The van der Waals surface area contributed by atoms with Crippen LogP contribution in [0.1, 0.15) is 24.9 Å². The first-order valence-electron chi connectivity index (χ1n) is 7.36. The predicted molar refractivity (Wildman–Crippen MR) is 84.1 cm³/mol. The SMILES string of the molecule is CC(C(=O)O)C(NC(=O)CN1CCCS1(=O)=O)c1ccccc1. The molecule has 2 rings (SSSR count). The molecule has 2 atom stereocenters. The van der Waals surface area contributed by atoms with Crippen molar-refractivity contribution in [1.82, 2.24) is 9.62 Å². The fourth-order valence-electron chi connectivity index (χ4n) is 2.55. The number of rotatable bonds is 6. The third-order valence-electron chi connectivity index (χ3n) is 3.89. The second-order valence-electron chi connectivity index (χ2n) is 5.59. The summed E-state index contributed by atoms with van der Waals surface area (Å²) < 4.78 is 24.6. The molecule has 1 aromatic carbocycles. The number of carboxylic acids is 1. The van der Waals surface area contributed by atoms with E-state index >= 15 is 0 Å². The molecule has 126 valence electrons. The van der Waals surface area contributed by atoms with Gasteiger partial charge < -0.3 is 10.4 Å². The van der Waals surface area contributed by atoms with Crippen molar-refractivity contribution in [3.8, 4) is 0 Å². The maximum atomic E-state index is 12.2. The molecule has 1 aromatic rings. The van der Waals surface area contributed by atoms with E-state index in [1.807, 2.05) is 0 Å². The standard InChI is InChI=1S/C15H20N2O5S/c1-11(15(19)20)14(12-6-3-2-4-7-12)16-13(18)10-17-8-5-9-23(17,21)22/h2-4,6-7,11,14H,5,8-10H2,1H3,(H,16,18)(H,19,20). The van der Waals surface area contributed by atoms with Crippen LogP contribution in [0.3, 0.4) is 0 Å². The Bertz CT molecular complexity index is 674. The van der Waals surface area contributed by atoms with E-state index in [9.17, 15) is 23.1 Å². The van der Waals surface area contributed by atoms with Gasteiger partial charge in [0.15, 0.2) is 0 Å². The van der Waals surface area contributed by atoms with Gasteiger partial charge in [-0.1, -0.05) is 30.3 Å². The Labute approximate surface area is 135 Å². The largest absolute Gasteiger partial charge is 0.481 e. The highest BCUT2D eigenvalue weighted by atomic mass is 32.2. The lowest BCUT2D eigenvalue weighted by Crippen LogP contribution is -2.42. The zero-order chi connectivity index (χ0) is 17.0. The lowest BCUT2D eigenvalue weighted by atomic mass is 9.94. The van der Waals surface area contributed by atoms with Crippen LogP contribution < -0.4 is 5.32 Å². The summed E-state index contributed by atoms with van der Waals surface area (Å²) in [5.74, 6) is -2.32. The number of carbonyl (C=O) groups excluding carboxylic acids is 1. The molecule has 1 heterocycles.